The first-order chi connectivity index (χ1) is 10.8. The molecular formula is C13H24F3N3O2S2. The van der Waals surface area contributed by atoms with Crippen molar-refractivity contribution in [3.8, 4) is 0 Å². The molecule has 5 nitrogen and oxygen atoms in total. The first kappa shape index (κ1) is 20.3. The second-order valence-electron chi connectivity index (χ2n) is 5.45. The van der Waals surface area contributed by atoms with E-state index in [1.165, 1.54) is 0 Å². The Balaban J connectivity index is 1.92. The van der Waals surface area contributed by atoms with E-state index in [0.29, 0.717) is 12.8 Å². The number of urea groups is 1. The molecule has 0 aromatic rings. The van der Waals surface area contributed by atoms with Gasteiger partial charge in [0.25, 0.3) is 0 Å². The van der Waals surface area contributed by atoms with Crippen molar-refractivity contribution in [3.63, 3.8) is 0 Å². The lowest BCUT2D eigenvalue weighted by molar-refractivity contribution is -0.121. The standard InChI is InChI=1S/C13H24F3N3O2S2/c1-10-11(19-13(21)18-10)9-22-7-3-2-5-12(20)17-6-4-8-23(14,15)16/h10-11H,2-9H2,1H3,(H,17,20)(H2,18,19,21). The van der Waals surface area contributed by atoms with Gasteiger partial charge >= 0.3 is 6.03 Å². The molecule has 0 aromatic heterocycles. The van der Waals surface area contributed by atoms with Gasteiger partial charge in [-0.15, -0.1) is 11.7 Å². The molecule has 1 rings (SSSR count). The molecule has 0 radical (unpaired) electrons. The van der Waals surface area contributed by atoms with Crippen LogP contribution in [0.5, 0.6) is 0 Å². The molecule has 1 saturated heterocycles. The predicted molar refractivity (Wildman–Crippen MR) is 89.5 cm³/mol. The Hall–Kier alpha value is -0.770. The van der Waals surface area contributed by atoms with Gasteiger partial charge in [0, 0.05) is 24.8 Å². The Morgan fingerprint density at radius 1 is 1.26 bits per heavy atom. The summed E-state index contributed by atoms with van der Waals surface area (Å²) in [5.41, 5.74) is 0. The molecule has 0 spiro atoms. The van der Waals surface area contributed by atoms with Crippen LogP contribution in [0.25, 0.3) is 0 Å². The van der Waals surface area contributed by atoms with Crippen LogP contribution >= 0.6 is 22.9 Å². The van der Waals surface area contributed by atoms with E-state index in [1.54, 1.807) is 11.8 Å². The molecule has 1 aliphatic rings. The van der Waals surface area contributed by atoms with Gasteiger partial charge in [-0.05, 0) is 31.9 Å². The Bertz CT molecular complexity index is 397. The highest BCUT2D eigenvalue weighted by atomic mass is 32.3. The number of halogens is 3. The second kappa shape index (κ2) is 10.2. The van der Waals surface area contributed by atoms with Crippen molar-refractivity contribution in [1.29, 1.82) is 0 Å². The number of amides is 3. The van der Waals surface area contributed by atoms with Crippen molar-refractivity contribution >= 4 is 34.9 Å². The summed E-state index contributed by atoms with van der Waals surface area (Å²) in [4.78, 5) is 22.5. The van der Waals surface area contributed by atoms with Gasteiger partial charge in [-0.25, -0.2) is 4.79 Å². The number of unbranched alkanes of at least 4 members (excludes halogenated alkanes) is 1. The third kappa shape index (κ3) is 9.85. The van der Waals surface area contributed by atoms with Gasteiger partial charge in [0.15, 0.2) is 0 Å². The maximum Gasteiger partial charge on any atom is 0.315 e. The summed E-state index contributed by atoms with van der Waals surface area (Å²) < 4.78 is 36.0. The quantitative estimate of drug-likeness (QED) is 0.486. The van der Waals surface area contributed by atoms with Crippen molar-refractivity contribution in [1.82, 2.24) is 16.0 Å². The van der Waals surface area contributed by atoms with Gasteiger partial charge in [0.1, 0.15) is 0 Å². The van der Waals surface area contributed by atoms with Crippen LogP contribution in [0.2, 0.25) is 0 Å². The Morgan fingerprint density at radius 3 is 2.61 bits per heavy atom. The van der Waals surface area contributed by atoms with Crippen molar-refractivity contribution < 1.29 is 21.2 Å². The van der Waals surface area contributed by atoms with Crippen LogP contribution in [0.3, 0.4) is 0 Å². The summed E-state index contributed by atoms with van der Waals surface area (Å²) in [5.74, 6) is 0.748. The molecule has 1 fully saturated rings. The van der Waals surface area contributed by atoms with Gasteiger partial charge in [0.05, 0.1) is 11.8 Å². The highest BCUT2D eigenvalue weighted by Gasteiger charge is 2.27. The van der Waals surface area contributed by atoms with E-state index in [1.807, 2.05) is 6.92 Å². The lowest BCUT2D eigenvalue weighted by Crippen LogP contribution is -2.33. The van der Waals surface area contributed by atoms with Crippen LogP contribution in [0.4, 0.5) is 16.5 Å². The van der Waals surface area contributed by atoms with E-state index >= 15 is 0 Å². The minimum Gasteiger partial charge on any atom is -0.356 e. The third-order valence-corrected chi connectivity index (χ3v) is 5.32. The average molecular weight is 375 g/mol. The van der Waals surface area contributed by atoms with Crippen molar-refractivity contribution in [3.05, 3.63) is 0 Å². The Labute approximate surface area is 141 Å². The zero-order valence-corrected chi connectivity index (χ0v) is 14.7. The molecule has 3 amide bonds. The fraction of sp³-hybridized carbons (Fsp3) is 0.846. The molecule has 3 N–H and O–H groups in total. The van der Waals surface area contributed by atoms with E-state index in [2.05, 4.69) is 16.0 Å². The Morgan fingerprint density at radius 2 is 2.00 bits per heavy atom. The fourth-order valence-corrected chi connectivity index (χ4v) is 3.75. The lowest BCUT2D eigenvalue weighted by Gasteiger charge is -2.13. The number of nitrogens with one attached hydrogen (secondary N) is 3. The van der Waals surface area contributed by atoms with Crippen LogP contribution in [0.1, 0.15) is 32.6 Å². The van der Waals surface area contributed by atoms with E-state index < -0.39 is 16.9 Å². The van der Waals surface area contributed by atoms with Crippen molar-refractivity contribution in [2.45, 2.75) is 44.7 Å². The molecule has 0 aromatic carbocycles. The molecule has 1 heterocycles. The average Bonchev–Trinajstić information content (AvgIpc) is 2.76. The maximum atomic E-state index is 12.0. The molecule has 1 aliphatic heterocycles. The summed E-state index contributed by atoms with van der Waals surface area (Å²) in [7, 11) is 0. The first-order valence-corrected chi connectivity index (χ1v) is 10.2. The van der Waals surface area contributed by atoms with E-state index in [9.17, 15) is 21.2 Å². The molecule has 0 bridgehead atoms. The van der Waals surface area contributed by atoms with Gasteiger partial charge in [-0.2, -0.15) is 11.8 Å². The fourth-order valence-electron chi connectivity index (χ4n) is 2.08. The summed E-state index contributed by atoms with van der Waals surface area (Å²) in [6, 6.07) is 0.123. The highest BCUT2D eigenvalue weighted by molar-refractivity contribution is 8.20. The minimum absolute atomic E-state index is 0.0419. The van der Waals surface area contributed by atoms with E-state index in [0.717, 1.165) is 17.9 Å². The number of hydrogen-bond acceptors (Lipinski definition) is 3. The molecule has 10 heteroatoms. The smallest absolute Gasteiger partial charge is 0.315 e. The topological polar surface area (TPSA) is 70.2 Å². The van der Waals surface area contributed by atoms with E-state index in [-0.39, 0.29) is 37.0 Å². The van der Waals surface area contributed by atoms with Crippen molar-refractivity contribution in [2.75, 3.05) is 23.8 Å². The molecule has 2 unspecified atom stereocenters. The monoisotopic (exact) mass is 375 g/mol. The van der Waals surface area contributed by atoms with Gasteiger partial charge in [-0.3, -0.25) is 4.79 Å². The predicted octanol–water partition coefficient (Wildman–Crippen LogP) is 2.92. The third-order valence-electron chi connectivity index (χ3n) is 3.39. The number of thioether (sulfide) groups is 1. The number of hydrogen-bond donors (Lipinski definition) is 3. The van der Waals surface area contributed by atoms with Crippen LogP contribution in [0.15, 0.2) is 0 Å². The lowest BCUT2D eigenvalue weighted by atomic mass is 10.2. The summed E-state index contributed by atoms with van der Waals surface area (Å²) >= 11 is -3.23. The number of rotatable bonds is 11. The molecule has 0 saturated carbocycles. The van der Waals surface area contributed by atoms with Crippen LogP contribution < -0.4 is 16.0 Å². The van der Waals surface area contributed by atoms with Crippen LogP contribution in [0, 0.1) is 0 Å². The molecule has 136 valence electrons. The summed E-state index contributed by atoms with van der Waals surface area (Å²) in [6.07, 6.45) is 1.89. The van der Waals surface area contributed by atoms with Gasteiger partial charge in [0.2, 0.25) is 17.1 Å². The number of carbonyl (C=O) groups is 2. The minimum atomic E-state index is -4.95. The SMILES string of the molecule is CC1NC(=O)NC1CSCCCCC(=O)NCCCS(F)(F)F. The molecule has 23 heavy (non-hydrogen) atoms. The molecule has 2 atom stereocenters. The van der Waals surface area contributed by atoms with Crippen LogP contribution in [-0.4, -0.2) is 47.8 Å². The van der Waals surface area contributed by atoms with Gasteiger partial charge in [-0.1, -0.05) is 0 Å². The summed E-state index contributed by atoms with van der Waals surface area (Å²) in [6.45, 7) is 2.04. The highest BCUT2D eigenvalue weighted by Crippen LogP contribution is 2.53. The van der Waals surface area contributed by atoms with Gasteiger partial charge < -0.3 is 16.0 Å². The maximum absolute atomic E-state index is 12.0. The molecule has 0 aliphatic carbocycles. The zero-order chi connectivity index (χ0) is 17.3. The summed E-state index contributed by atoms with van der Waals surface area (Å²) in [5, 5.41) is 8.13. The Kier molecular flexibility index (Phi) is 8.96. The van der Waals surface area contributed by atoms with Crippen molar-refractivity contribution in [2.24, 2.45) is 0 Å². The zero-order valence-electron chi connectivity index (χ0n) is 13.1. The second-order valence-corrected chi connectivity index (χ2v) is 8.02. The van der Waals surface area contributed by atoms with Crippen LogP contribution in [-0.2, 0) is 4.79 Å². The molecular weight excluding hydrogens is 351 g/mol. The van der Waals surface area contributed by atoms with E-state index in [4.69, 9.17) is 0 Å². The first-order valence-electron chi connectivity index (χ1n) is 7.59. The normalized spacial score (nSPS) is 21.7. The largest absolute Gasteiger partial charge is 0.356 e. The number of carbonyl (C=O) groups excluding carboxylic acids is 2.